The van der Waals surface area contributed by atoms with E-state index in [0.29, 0.717) is 6.61 Å². The Labute approximate surface area is 148 Å². The summed E-state index contributed by atoms with van der Waals surface area (Å²) in [5.74, 6) is -0.155. The van der Waals surface area contributed by atoms with Crippen molar-refractivity contribution >= 4 is 13.5 Å². The van der Waals surface area contributed by atoms with Gasteiger partial charge in [0, 0.05) is 11.5 Å². The van der Waals surface area contributed by atoms with E-state index in [9.17, 15) is 4.79 Å². The number of pyridine rings is 1. The van der Waals surface area contributed by atoms with E-state index in [1.54, 1.807) is 0 Å². The number of ether oxygens (including phenoxy) is 1. The van der Waals surface area contributed by atoms with Gasteiger partial charge in [0.05, 0.1) is 17.6 Å². The maximum absolute atomic E-state index is 12.8. The lowest BCUT2D eigenvalue weighted by Gasteiger charge is -2.11. The molecule has 2 aromatic heterocycles. The summed E-state index contributed by atoms with van der Waals surface area (Å²) in [6.45, 7) is 2.27. The van der Waals surface area contributed by atoms with Crippen LogP contribution in [0.2, 0.25) is 0 Å². The van der Waals surface area contributed by atoms with Crippen molar-refractivity contribution in [3.63, 3.8) is 0 Å². The molecule has 0 radical (unpaired) electrons. The minimum atomic E-state index is -0.905. The number of nitrogens with zero attached hydrogens (tertiary/aromatic N) is 1. The summed E-state index contributed by atoms with van der Waals surface area (Å²) in [6, 6.07) is 16.4. The van der Waals surface area contributed by atoms with E-state index >= 15 is 0 Å². The van der Waals surface area contributed by atoms with Crippen LogP contribution in [0.3, 0.4) is 0 Å². The smallest absolute Gasteiger partial charge is 0.342 e. The molecule has 4 heteroatoms. The first-order valence-corrected chi connectivity index (χ1v) is 10.1. The third kappa shape index (κ3) is 2.79. The second-order valence-electron chi connectivity index (χ2n) is 6.11. The molecular weight excluding hydrogens is 329 g/mol. The number of carbonyl (C=O) groups excluding carboxylic acids is 1. The van der Waals surface area contributed by atoms with Crippen molar-refractivity contribution in [2.24, 2.45) is 0 Å². The number of hydrogen-bond donors (Lipinski definition) is 0. The molecule has 3 nitrogen and oxygen atoms in total. The lowest BCUT2D eigenvalue weighted by atomic mass is 10.1. The number of fused-ring (bicyclic) bond motifs is 1. The Morgan fingerprint density at radius 2 is 1.84 bits per heavy atom. The molecule has 0 aliphatic heterocycles. The number of aromatic nitrogens is 1. The van der Waals surface area contributed by atoms with Gasteiger partial charge < -0.3 is 4.74 Å². The lowest BCUT2D eigenvalue weighted by molar-refractivity contribution is 0.0531. The van der Waals surface area contributed by atoms with Gasteiger partial charge >= 0.3 is 5.97 Å². The van der Waals surface area contributed by atoms with Crippen LogP contribution >= 0.6 is 7.53 Å². The highest BCUT2D eigenvalue weighted by Crippen LogP contribution is 2.58. The molecule has 0 amide bonds. The van der Waals surface area contributed by atoms with Crippen molar-refractivity contribution in [3.05, 3.63) is 71.1 Å². The summed E-state index contributed by atoms with van der Waals surface area (Å²) in [5, 5.41) is 3.32. The van der Waals surface area contributed by atoms with Crippen LogP contribution in [-0.2, 0) is 17.6 Å². The molecular formula is C21H20NO2P. The Kier molecular flexibility index (Phi) is 4.42. The van der Waals surface area contributed by atoms with Gasteiger partial charge in [-0.1, -0.05) is 43.9 Å². The van der Waals surface area contributed by atoms with Gasteiger partial charge in [-0.2, -0.15) is 0 Å². The zero-order chi connectivity index (χ0) is 17.2. The lowest BCUT2D eigenvalue weighted by Crippen LogP contribution is -2.05. The molecule has 0 N–H and O–H groups in total. The van der Waals surface area contributed by atoms with Gasteiger partial charge in [-0.05, 0) is 54.8 Å². The van der Waals surface area contributed by atoms with Crippen molar-refractivity contribution in [2.45, 2.75) is 26.2 Å². The van der Waals surface area contributed by atoms with Crippen molar-refractivity contribution in [1.82, 2.24) is 4.98 Å². The van der Waals surface area contributed by atoms with Gasteiger partial charge in [-0.15, -0.1) is 0 Å². The second kappa shape index (κ2) is 6.85. The standard InChI is InChI=1S/C21H20NO2P/c1-2-24-21(23)20-17-12-8-11-16(17)19(18-13-6-7-14-22-18)25(20)15-9-4-3-5-10-15/h3-7,9-10,13-14H,2,8,11-12H2,1H3. The number of carbonyl (C=O) groups is 1. The molecule has 126 valence electrons. The molecule has 0 saturated heterocycles. The number of esters is 1. The molecule has 0 fully saturated rings. The topological polar surface area (TPSA) is 39.2 Å². The largest absolute Gasteiger partial charge is 0.462 e. The van der Waals surface area contributed by atoms with Crippen molar-refractivity contribution < 1.29 is 9.53 Å². The Balaban J connectivity index is 2.04. The maximum Gasteiger partial charge on any atom is 0.342 e. The molecule has 1 aromatic carbocycles. The molecule has 1 atom stereocenters. The van der Waals surface area contributed by atoms with Crippen molar-refractivity contribution in [3.8, 4) is 16.3 Å². The number of rotatable bonds is 4. The van der Waals surface area contributed by atoms with Crippen molar-refractivity contribution in [2.75, 3.05) is 6.61 Å². The Morgan fingerprint density at radius 1 is 1.08 bits per heavy atom. The average molecular weight is 349 g/mol. The minimum absolute atomic E-state index is 0.155. The molecule has 0 bridgehead atoms. The van der Waals surface area contributed by atoms with E-state index in [2.05, 4.69) is 23.2 Å². The van der Waals surface area contributed by atoms with Crippen LogP contribution in [0.4, 0.5) is 0 Å². The molecule has 0 spiro atoms. The van der Waals surface area contributed by atoms with E-state index in [4.69, 9.17) is 4.74 Å². The number of hydrogen-bond acceptors (Lipinski definition) is 3. The van der Waals surface area contributed by atoms with Gasteiger partial charge in [0.15, 0.2) is 0 Å². The van der Waals surface area contributed by atoms with E-state index in [1.165, 1.54) is 21.7 Å². The third-order valence-electron chi connectivity index (χ3n) is 4.63. The van der Waals surface area contributed by atoms with Crippen LogP contribution in [-0.4, -0.2) is 17.6 Å². The zero-order valence-electron chi connectivity index (χ0n) is 14.2. The predicted molar refractivity (Wildman–Crippen MR) is 102 cm³/mol. The van der Waals surface area contributed by atoms with Crippen LogP contribution in [0.25, 0.3) is 16.3 Å². The maximum atomic E-state index is 12.8. The van der Waals surface area contributed by atoms with Crippen LogP contribution in [0.15, 0.2) is 54.7 Å². The Bertz CT molecular complexity index is 901. The normalized spacial score (nSPS) is 13.6. The first kappa shape index (κ1) is 16.1. The van der Waals surface area contributed by atoms with E-state index < -0.39 is 7.53 Å². The molecule has 0 saturated carbocycles. The van der Waals surface area contributed by atoms with E-state index in [-0.39, 0.29) is 5.97 Å². The molecule has 4 rings (SSSR count). The molecule has 1 unspecified atom stereocenters. The monoisotopic (exact) mass is 349 g/mol. The van der Waals surface area contributed by atoms with Gasteiger partial charge in [0.1, 0.15) is 0 Å². The van der Waals surface area contributed by atoms with Gasteiger partial charge in [0.25, 0.3) is 0 Å². The van der Waals surface area contributed by atoms with Crippen LogP contribution in [0.1, 0.15) is 34.6 Å². The van der Waals surface area contributed by atoms with Crippen LogP contribution in [0, 0.1) is 0 Å². The fraction of sp³-hybridized carbons (Fsp3) is 0.238. The van der Waals surface area contributed by atoms with Gasteiger partial charge in [0.2, 0.25) is 0 Å². The summed E-state index contributed by atoms with van der Waals surface area (Å²) in [7, 11) is -0.905. The highest BCUT2D eigenvalue weighted by molar-refractivity contribution is 7.62. The summed E-state index contributed by atoms with van der Waals surface area (Å²) < 4.78 is 5.44. The average Bonchev–Trinajstić information content (AvgIpc) is 3.23. The summed E-state index contributed by atoms with van der Waals surface area (Å²) in [5.41, 5.74) is 3.54. The minimum Gasteiger partial charge on any atom is -0.462 e. The number of benzene rings is 1. The van der Waals surface area contributed by atoms with Gasteiger partial charge in [-0.25, -0.2) is 4.79 Å². The fourth-order valence-corrected chi connectivity index (χ4v) is 6.52. The first-order chi connectivity index (χ1) is 12.3. The molecule has 1 aliphatic carbocycles. The van der Waals surface area contributed by atoms with Crippen LogP contribution < -0.4 is 0 Å². The van der Waals surface area contributed by atoms with Crippen molar-refractivity contribution in [1.29, 1.82) is 0 Å². The predicted octanol–water partition coefficient (Wildman–Crippen LogP) is 5.39. The first-order valence-electron chi connectivity index (χ1n) is 8.71. The highest BCUT2D eigenvalue weighted by atomic mass is 31.1. The molecule has 3 aromatic rings. The third-order valence-corrected chi connectivity index (χ3v) is 7.29. The fourth-order valence-electron chi connectivity index (χ4n) is 3.67. The Hall–Kier alpha value is -2.38. The van der Waals surface area contributed by atoms with E-state index in [1.807, 2.05) is 43.5 Å². The molecule has 25 heavy (non-hydrogen) atoms. The molecule has 1 aliphatic rings. The Morgan fingerprint density at radius 3 is 2.56 bits per heavy atom. The quantitative estimate of drug-likeness (QED) is 0.593. The van der Waals surface area contributed by atoms with E-state index in [0.717, 1.165) is 30.3 Å². The summed E-state index contributed by atoms with van der Waals surface area (Å²) in [6.07, 6.45) is 4.92. The summed E-state index contributed by atoms with van der Waals surface area (Å²) >= 11 is 0. The molecule has 2 heterocycles. The zero-order valence-corrected chi connectivity index (χ0v) is 15.1. The SMILES string of the molecule is CCOC(=O)c1c2c(c(-c3ccccn3)p1-c1ccccc1)CCC2. The highest BCUT2D eigenvalue weighted by Gasteiger charge is 2.32. The van der Waals surface area contributed by atoms with Gasteiger partial charge in [-0.3, -0.25) is 4.98 Å². The second-order valence-corrected chi connectivity index (χ2v) is 8.20. The summed E-state index contributed by atoms with van der Waals surface area (Å²) in [4.78, 5) is 17.5. The van der Waals surface area contributed by atoms with Crippen LogP contribution in [0.5, 0.6) is 0 Å².